The third-order valence-corrected chi connectivity index (χ3v) is 4.98. The van der Waals surface area contributed by atoms with Gasteiger partial charge < -0.3 is 14.7 Å². The standard InChI is InChI=1S/C17H15N5O/c1-22-4-2-12-13(6-18)16(21)17(9-19,10-20)15(14(12)7-22)11-3-5-23-8-11/h2-3,5,8,13-15,21H,4,7H2,1H3/p+1/t13?,14-,15+/m0/s1. The molecule has 3 rings (SSSR count). The molecule has 4 atom stereocenters. The number of rotatable bonds is 1. The number of furan rings is 1. The fourth-order valence-corrected chi connectivity index (χ4v) is 3.88. The minimum absolute atomic E-state index is 0.113. The number of nitrogens with zero attached hydrogens (tertiary/aromatic N) is 3. The summed E-state index contributed by atoms with van der Waals surface area (Å²) in [5, 5.41) is 37.5. The van der Waals surface area contributed by atoms with Gasteiger partial charge in [0.1, 0.15) is 5.92 Å². The summed E-state index contributed by atoms with van der Waals surface area (Å²) in [6.07, 6.45) is 5.05. The summed E-state index contributed by atoms with van der Waals surface area (Å²) >= 11 is 0. The van der Waals surface area contributed by atoms with Crippen molar-refractivity contribution in [1.29, 1.82) is 21.2 Å². The summed E-state index contributed by atoms with van der Waals surface area (Å²) in [6, 6.07) is 7.98. The minimum atomic E-state index is -1.64. The first-order valence-electron chi connectivity index (χ1n) is 7.43. The molecule has 6 nitrogen and oxygen atoms in total. The van der Waals surface area contributed by atoms with Crippen molar-refractivity contribution in [2.75, 3.05) is 20.1 Å². The van der Waals surface area contributed by atoms with Crippen LogP contribution >= 0.6 is 0 Å². The van der Waals surface area contributed by atoms with Crippen molar-refractivity contribution in [2.24, 2.45) is 17.3 Å². The second-order valence-electron chi connectivity index (χ2n) is 6.22. The largest absolute Gasteiger partial charge is 0.472 e. The Balaban J connectivity index is 2.25. The van der Waals surface area contributed by atoms with E-state index >= 15 is 0 Å². The molecule has 0 aromatic carbocycles. The molecular formula is C17H16N5O+. The van der Waals surface area contributed by atoms with E-state index in [-0.39, 0.29) is 11.6 Å². The van der Waals surface area contributed by atoms with E-state index in [0.29, 0.717) is 0 Å². The van der Waals surface area contributed by atoms with E-state index in [1.54, 1.807) is 6.07 Å². The lowest BCUT2D eigenvalue weighted by Gasteiger charge is -2.45. The van der Waals surface area contributed by atoms with Gasteiger partial charge in [0.05, 0.1) is 56.6 Å². The average Bonchev–Trinajstić information content (AvgIpc) is 3.08. The van der Waals surface area contributed by atoms with Gasteiger partial charge in [-0.15, -0.1) is 0 Å². The third-order valence-electron chi connectivity index (χ3n) is 4.98. The maximum atomic E-state index is 9.77. The molecule has 0 radical (unpaired) electrons. The number of quaternary nitrogens is 1. The molecule has 6 heteroatoms. The van der Waals surface area contributed by atoms with Crippen molar-refractivity contribution < 1.29 is 9.32 Å². The van der Waals surface area contributed by atoms with Crippen LogP contribution in [0, 0.1) is 56.7 Å². The molecule has 1 aromatic heterocycles. The van der Waals surface area contributed by atoms with Crippen LogP contribution in [0.4, 0.5) is 0 Å². The Labute approximate surface area is 134 Å². The molecule has 0 bridgehead atoms. The number of hydrogen-bond donors (Lipinski definition) is 2. The van der Waals surface area contributed by atoms with Gasteiger partial charge in [-0.2, -0.15) is 15.8 Å². The van der Waals surface area contributed by atoms with E-state index < -0.39 is 17.3 Å². The molecule has 1 saturated carbocycles. The van der Waals surface area contributed by atoms with Gasteiger partial charge >= 0.3 is 0 Å². The van der Waals surface area contributed by atoms with Crippen LogP contribution in [-0.4, -0.2) is 25.8 Å². The quantitative estimate of drug-likeness (QED) is 0.741. The van der Waals surface area contributed by atoms with Gasteiger partial charge in [-0.1, -0.05) is 0 Å². The summed E-state index contributed by atoms with van der Waals surface area (Å²) in [5.74, 6) is -1.41. The van der Waals surface area contributed by atoms with E-state index in [2.05, 4.69) is 18.2 Å². The first kappa shape index (κ1) is 15.0. The normalized spacial score (nSPS) is 31.9. The smallest absolute Gasteiger partial charge is 0.190 e. The molecule has 1 fully saturated rings. The van der Waals surface area contributed by atoms with Crippen molar-refractivity contribution in [3.05, 3.63) is 35.8 Å². The van der Waals surface area contributed by atoms with E-state index in [1.165, 1.54) is 17.4 Å². The molecule has 0 saturated heterocycles. The number of fused-ring (bicyclic) bond motifs is 1. The molecule has 1 aromatic rings. The van der Waals surface area contributed by atoms with Gasteiger partial charge in [-0.25, -0.2) is 0 Å². The highest BCUT2D eigenvalue weighted by atomic mass is 16.3. The predicted molar refractivity (Wildman–Crippen MR) is 80.1 cm³/mol. The zero-order valence-electron chi connectivity index (χ0n) is 12.7. The average molecular weight is 306 g/mol. The number of hydrogen-bond acceptors (Lipinski definition) is 5. The van der Waals surface area contributed by atoms with Crippen LogP contribution in [0.3, 0.4) is 0 Å². The van der Waals surface area contributed by atoms with Crippen LogP contribution in [0.5, 0.6) is 0 Å². The number of nitrogens with one attached hydrogen (secondary N) is 2. The molecule has 23 heavy (non-hydrogen) atoms. The molecule has 1 aliphatic heterocycles. The molecule has 1 aliphatic carbocycles. The fraction of sp³-hybridized carbons (Fsp3) is 0.412. The van der Waals surface area contributed by atoms with Gasteiger partial charge in [0.25, 0.3) is 0 Å². The molecule has 2 unspecified atom stereocenters. The zero-order valence-corrected chi connectivity index (χ0v) is 12.7. The van der Waals surface area contributed by atoms with Crippen molar-refractivity contribution in [3.8, 4) is 18.2 Å². The Kier molecular flexibility index (Phi) is 3.52. The minimum Gasteiger partial charge on any atom is -0.472 e. The maximum Gasteiger partial charge on any atom is 0.190 e. The van der Waals surface area contributed by atoms with Crippen LogP contribution in [0.2, 0.25) is 0 Å². The van der Waals surface area contributed by atoms with Gasteiger partial charge in [0.15, 0.2) is 5.41 Å². The van der Waals surface area contributed by atoms with Gasteiger partial charge in [0, 0.05) is 11.8 Å². The van der Waals surface area contributed by atoms with E-state index in [0.717, 1.165) is 24.2 Å². The lowest BCUT2D eigenvalue weighted by atomic mass is 9.54. The van der Waals surface area contributed by atoms with Crippen molar-refractivity contribution >= 4 is 5.71 Å². The van der Waals surface area contributed by atoms with Crippen LogP contribution in [0.25, 0.3) is 0 Å². The van der Waals surface area contributed by atoms with Crippen molar-refractivity contribution in [3.63, 3.8) is 0 Å². The van der Waals surface area contributed by atoms with Crippen molar-refractivity contribution in [1.82, 2.24) is 0 Å². The second-order valence-corrected chi connectivity index (χ2v) is 6.22. The zero-order chi connectivity index (χ0) is 16.6. The predicted octanol–water partition coefficient (Wildman–Crippen LogP) is 0.641. The highest BCUT2D eigenvalue weighted by Gasteiger charge is 2.58. The van der Waals surface area contributed by atoms with Gasteiger partial charge in [0.2, 0.25) is 0 Å². The van der Waals surface area contributed by atoms with Crippen LogP contribution in [-0.2, 0) is 0 Å². The highest BCUT2D eigenvalue weighted by molar-refractivity contribution is 6.00. The van der Waals surface area contributed by atoms with Crippen LogP contribution in [0.15, 0.2) is 34.7 Å². The van der Waals surface area contributed by atoms with Crippen LogP contribution in [0.1, 0.15) is 11.5 Å². The van der Waals surface area contributed by atoms with Crippen molar-refractivity contribution in [2.45, 2.75) is 5.92 Å². The monoisotopic (exact) mass is 306 g/mol. The van der Waals surface area contributed by atoms with E-state index in [4.69, 9.17) is 9.83 Å². The van der Waals surface area contributed by atoms with Gasteiger partial charge in [-0.05, 0) is 23.3 Å². The first-order chi connectivity index (χ1) is 11.1. The summed E-state index contributed by atoms with van der Waals surface area (Å²) in [5.41, 5.74) is -0.141. The Hall–Kier alpha value is -2.88. The fourth-order valence-electron chi connectivity index (χ4n) is 3.88. The molecule has 0 amide bonds. The molecule has 2 heterocycles. The maximum absolute atomic E-state index is 9.77. The molecular weight excluding hydrogens is 290 g/mol. The SMILES string of the molecule is C[NH+]1CC=C2C(C#N)C(=N)C(C#N)(C#N)[C@H](c3ccoc3)[C@H]2C1. The first-order valence-corrected chi connectivity index (χ1v) is 7.43. The Morgan fingerprint density at radius 1 is 1.35 bits per heavy atom. The van der Waals surface area contributed by atoms with Crippen LogP contribution < -0.4 is 4.90 Å². The van der Waals surface area contributed by atoms with E-state index in [9.17, 15) is 15.8 Å². The number of likely N-dealkylation sites (N-methyl/N-ethyl adjacent to an activating group) is 1. The summed E-state index contributed by atoms with van der Waals surface area (Å²) < 4.78 is 5.16. The lowest BCUT2D eigenvalue weighted by molar-refractivity contribution is -0.878. The highest BCUT2D eigenvalue weighted by Crippen LogP contribution is 2.52. The third kappa shape index (κ3) is 1.99. The summed E-state index contributed by atoms with van der Waals surface area (Å²) in [4.78, 5) is 1.25. The number of nitriles is 3. The van der Waals surface area contributed by atoms with Gasteiger partial charge in [-0.3, -0.25) is 0 Å². The summed E-state index contributed by atoms with van der Waals surface area (Å²) in [7, 11) is 2.04. The molecule has 114 valence electrons. The Bertz CT molecular complexity index is 772. The molecule has 2 N–H and O–H groups in total. The second kappa shape index (κ2) is 5.39. The summed E-state index contributed by atoms with van der Waals surface area (Å²) in [6.45, 7) is 1.50. The molecule has 0 spiro atoms. The van der Waals surface area contributed by atoms with E-state index in [1.807, 2.05) is 13.1 Å². The Morgan fingerprint density at radius 3 is 2.65 bits per heavy atom. The molecule has 2 aliphatic rings. The topological polar surface area (TPSA) is 113 Å². The lowest BCUT2D eigenvalue weighted by Crippen LogP contribution is -3.10. The Morgan fingerprint density at radius 2 is 2.09 bits per heavy atom.